The van der Waals surface area contributed by atoms with Crippen LogP contribution in [-0.4, -0.2) is 27.5 Å². The molecule has 0 saturated heterocycles. The summed E-state index contributed by atoms with van der Waals surface area (Å²) in [6.45, 7) is 0. The minimum absolute atomic E-state index is 0.0630. The molecular formula is C10H16BrNO3S. The van der Waals surface area contributed by atoms with Crippen molar-refractivity contribution in [1.29, 1.82) is 0 Å². The quantitative estimate of drug-likeness (QED) is 0.874. The molecule has 0 aliphatic rings. The van der Waals surface area contributed by atoms with Crippen LogP contribution in [0.3, 0.4) is 0 Å². The Kier molecular flexibility index (Phi) is 5.01. The molecule has 1 unspecified atom stereocenters. The lowest BCUT2D eigenvalue weighted by Gasteiger charge is -2.12. The summed E-state index contributed by atoms with van der Waals surface area (Å²) in [7, 11) is -1.04. The zero-order valence-corrected chi connectivity index (χ0v) is 11.8. The molecule has 4 nitrogen and oxygen atoms in total. The van der Waals surface area contributed by atoms with Crippen LogP contribution in [0.5, 0.6) is 0 Å². The fourth-order valence-corrected chi connectivity index (χ4v) is 2.50. The molecule has 0 fully saturated rings. The molecule has 0 aliphatic heterocycles. The third-order valence-corrected chi connectivity index (χ3v) is 3.75. The van der Waals surface area contributed by atoms with Crippen LogP contribution in [0.2, 0.25) is 0 Å². The molecule has 16 heavy (non-hydrogen) atoms. The van der Waals surface area contributed by atoms with Gasteiger partial charge >= 0.3 is 0 Å². The van der Waals surface area contributed by atoms with Crippen molar-refractivity contribution in [3.05, 3.63) is 22.6 Å². The molecule has 92 valence electrons. The molecule has 0 bridgehead atoms. The van der Waals surface area contributed by atoms with Crippen LogP contribution in [0, 0.1) is 0 Å². The van der Waals surface area contributed by atoms with Gasteiger partial charge in [0.15, 0.2) is 4.67 Å². The number of halogens is 1. The molecule has 6 heteroatoms. The van der Waals surface area contributed by atoms with Crippen molar-refractivity contribution in [1.82, 2.24) is 5.32 Å². The minimum atomic E-state index is -2.87. The van der Waals surface area contributed by atoms with Crippen LogP contribution in [0.25, 0.3) is 0 Å². The van der Waals surface area contributed by atoms with Crippen molar-refractivity contribution >= 4 is 25.8 Å². The number of hydrogen-bond acceptors (Lipinski definition) is 4. The third-order valence-electron chi connectivity index (χ3n) is 2.29. The molecular weight excluding hydrogens is 294 g/mol. The monoisotopic (exact) mass is 309 g/mol. The van der Waals surface area contributed by atoms with Gasteiger partial charge in [0, 0.05) is 12.0 Å². The van der Waals surface area contributed by atoms with Crippen molar-refractivity contribution in [2.75, 3.05) is 19.1 Å². The SMILES string of the molecule is CNC(CCCS(C)(=O)=O)c1ccc(Br)o1. The molecule has 1 rings (SSSR count). The third kappa shape index (κ3) is 4.67. The predicted octanol–water partition coefficient (Wildman–Crippen LogP) is 2.13. The Morgan fingerprint density at radius 2 is 2.19 bits per heavy atom. The van der Waals surface area contributed by atoms with Crippen molar-refractivity contribution in [3.8, 4) is 0 Å². The number of hydrogen-bond donors (Lipinski definition) is 1. The van der Waals surface area contributed by atoms with E-state index in [1.165, 1.54) is 6.26 Å². The summed E-state index contributed by atoms with van der Waals surface area (Å²) in [5.74, 6) is 1.04. The van der Waals surface area contributed by atoms with Gasteiger partial charge in [-0.25, -0.2) is 8.42 Å². The van der Waals surface area contributed by atoms with Crippen LogP contribution in [0.4, 0.5) is 0 Å². The first-order valence-electron chi connectivity index (χ1n) is 5.02. The van der Waals surface area contributed by atoms with Crippen molar-refractivity contribution < 1.29 is 12.8 Å². The standard InChI is InChI=1S/C10H16BrNO3S/c1-12-8(4-3-7-16(2,13)14)9-5-6-10(11)15-9/h5-6,8,12H,3-4,7H2,1-2H3. The van der Waals surface area contributed by atoms with Crippen LogP contribution in [-0.2, 0) is 9.84 Å². The maximum Gasteiger partial charge on any atom is 0.169 e. The van der Waals surface area contributed by atoms with Gasteiger partial charge in [0.2, 0.25) is 0 Å². The zero-order valence-electron chi connectivity index (χ0n) is 9.36. The van der Waals surface area contributed by atoms with E-state index in [0.29, 0.717) is 11.1 Å². The normalized spacial score (nSPS) is 13.9. The van der Waals surface area contributed by atoms with Crippen LogP contribution < -0.4 is 5.32 Å². The van der Waals surface area contributed by atoms with Crippen LogP contribution >= 0.6 is 15.9 Å². The highest BCUT2D eigenvalue weighted by molar-refractivity contribution is 9.10. The Morgan fingerprint density at radius 3 is 2.62 bits per heavy atom. The summed E-state index contributed by atoms with van der Waals surface area (Å²) < 4.78 is 28.1. The van der Waals surface area contributed by atoms with Gasteiger partial charge < -0.3 is 9.73 Å². The van der Waals surface area contributed by atoms with E-state index in [-0.39, 0.29) is 11.8 Å². The smallest absolute Gasteiger partial charge is 0.169 e. The molecule has 1 N–H and O–H groups in total. The molecule has 1 atom stereocenters. The second kappa shape index (κ2) is 5.84. The molecule has 0 spiro atoms. The molecule has 0 radical (unpaired) electrons. The van der Waals surface area contributed by atoms with Crippen molar-refractivity contribution in [3.63, 3.8) is 0 Å². The van der Waals surface area contributed by atoms with E-state index in [1.54, 1.807) is 0 Å². The second-order valence-electron chi connectivity index (χ2n) is 3.76. The second-order valence-corrected chi connectivity index (χ2v) is 6.80. The topological polar surface area (TPSA) is 59.3 Å². The lowest BCUT2D eigenvalue weighted by atomic mass is 10.1. The summed E-state index contributed by atoms with van der Waals surface area (Å²) in [6, 6.07) is 3.77. The van der Waals surface area contributed by atoms with Crippen LogP contribution in [0.15, 0.2) is 21.2 Å². The number of sulfone groups is 1. The predicted molar refractivity (Wildman–Crippen MR) is 67.2 cm³/mol. The number of rotatable bonds is 6. The first kappa shape index (κ1) is 13.7. The molecule has 0 amide bonds. The van der Waals surface area contributed by atoms with E-state index in [9.17, 15) is 8.42 Å². The minimum Gasteiger partial charge on any atom is -0.453 e. The van der Waals surface area contributed by atoms with Crippen molar-refractivity contribution in [2.24, 2.45) is 0 Å². The lowest BCUT2D eigenvalue weighted by molar-refractivity contribution is 0.401. The molecule has 1 heterocycles. The Hall–Kier alpha value is -0.330. The Labute approximate surface area is 104 Å². The summed E-state index contributed by atoms with van der Waals surface area (Å²) in [5, 5.41) is 3.11. The number of furan rings is 1. The van der Waals surface area contributed by atoms with E-state index >= 15 is 0 Å². The molecule has 0 saturated carbocycles. The van der Waals surface area contributed by atoms with Gasteiger partial charge in [-0.1, -0.05) is 0 Å². The molecule has 1 aromatic rings. The summed E-state index contributed by atoms with van der Waals surface area (Å²) in [6.07, 6.45) is 2.62. The lowest BCUT2D eigenvalue weighted by Crippen LogP contribution is -2.17. The molecule has 1 aromatic heterocycles. The van der Waals surface area contributed by atoms with Crippen LogP contribution in [0.1, 0.15) is 24.6 Å². The highest BCUT2D eigenvalue weighted by Crippen LogP contribution is 2.23. The van der Waals surface area contributed by atoms with E-state index in [2.05, 4.69) is 21.2 Å². The average Bonchev–Trinajstić information content (AvgIpc) is 2.58. The first-order chi connectivity index (χ1) is 7.42. The van der Waals surface area contributed by atoms with Gasteiger partial charge in [-0.15, -0.1) is 0 Å². The fraction of sp³-hybridized carbons (Fsp3) is 0.600. The summed E-state index contributed by atoms with van der Waals surface area (Å²) >= 11 is 3.24. The van der Waals surface area contributed by atoms with Gasteiger partial charge in [-0.2, -0.15) is 0 Å². The highest BCUT2D eigenvalue weighted by atomic mass is 79.9. The molecule has 0 aromatic carbocycles. The maximum atomic E-state index is 11.0. The Morgan fingerprint density at radius 1 is 1.50 bits per heavy atom. The van der Waals surface area contributed by atoms with E-state index in [0.717, 1.165) is 12.2 Å². The average molecular weight is 310 g/mol. The van der Waals surface area contributed by atoms with Gasteiger partial charge in [-0.05, 0) is 48.0 Å². The van der Waals surface area contributed by atoms with E-state index < -0.39 is 9.84 Å². The first-order valence-corrected chi connectivity index (χ1v) is 7.88. The van der Waals surface area contributed by atoms with Gasteiger partial charge in [-0.3, -0.25) is 0 Å². The van der Waals surface area contributed by atoms with E-state index in [1.807, 2.05) is 19.2 Å². The maximum absolute atomic E-state index is 11.0. The van der Waals surface area contributed by atoms with E-state index in [4.69, 9.17) is 4.42 Å². The zero-order chi connectivity index (χ0) is 12.2. The van der Waals surface area contributed by atoms with Crippen molar-refractivity contribution in [2.45, 2.75) is 18.9 Å². The summed E-state index contributed by atoms with van der Waals surface area (Å²) in [4.78, 5) is 0. The highest BCUT2D eigenvalue weighted by Gasteiger charge is 2.14. The Balaban J connectivity index is 2.50. The summed E-state index contributed by atoms with van der Waals surface area (Å²) in [5.41, 5.74) is 0. The van der Waals surface area contributed by atoms with Gasteiger partial charge in [0.05, 0.1) is 6.04 Å². The fourth-order valence-electron chi connectivity index (χ4n) is 1.49. The van der Waals surface area contributed by atoms with Gasteiger partial charge in [0.1, 0.15) is 15.6 Å². The molecule has 0 aliphatic carbocycles. The Bertz CT molecular complexity index is 427. The number of nitrogens with one attached hydrogen (secondary N) is 1. The largest absolute Gasteiger partial charge is 0.453 e. The van der Waals surface area contributed by atoms with Gasteiger partial charge in [0.25, 0.3) is 0 Å².